The molecule has 1 unspecified atom stereocenters. The number of aromatic nitrogens is 5. The lowest BCUT2D eigenvalue weighted by atomic mass is 10.2. The summed E-state index contributed by atoms with van der Waals surface area (Å²) in [6.07, 6.45) is 2.02. The fourth-order valence-electron chi connectivity index (χ4n) is 3.01. The first-order valence-corrected chi connectivity index (χ1v) is 8.44. The van der Waals surface area contributed by atoms with Crippen LogP contribution in [0.3, 0.4) is 0 Å². The molecule has 1 atom stereocenters. The number of hydrogen-bond donors (Lipinski definition) is 1. The maximum absolute atomic E-state index is 12.5. The van der Waals surface area contributed by atoms with E-state index in [1.54, 1.807) is 6.33 Å². The summed E-state index contributed by atoms with van der Waals surface area (Å²) < 4.78 is 3.72. The Bertz CT molecular complexity index is 737. The molecule has 0 saturated carbocycles. The number of carbonyl (C=O) groups excluding carboxylic acids is 1. The largest absolute Gasteiger partial charge is 0.385 e. The van der Waals surface area contributed by atoms with Gasteiger partial charge in [-0.25, -0.2) is 0 Å². The fraction of sp³-hybridized carbons (Fsp3) is 0.625. The van der Waals surface area contributed by atoms with Crippen LogP contribution in [0.4, 0.5) is 0 Å². The molecule has 3 heterocycles. The quantitative estimate of drug-likeness (QED) is 0.763. The molecule has 0 spiro atoms. The van der Waals surface area contributed by atoms with Gasteiger partial charge in [0.25, 0.3) is 0 Å². The van der Waals surface area contributed by atoms with E-state index in [-0.39, 0.29) is 5.91 Å². The van der Waals surface area contributed by atoms with E-state index in [1.165, 1.54) is 0 Å². The van der Waals surface area contributed by atoms with Crippen LogP contribution in [0.15, 0.2) is 12.4 Å². The topological polar surface area (TPSA) is 92.3 Å². The molecule has 3 rings (SSSR count). The van der Waals surface area contributed by atoms with Crippen molar-refractivity contribution in [3.8, 4) is 0 Å². The lowest BCUT2D eigenvalue weighted by Gasteiger charge is -2.27. The SMILES string of the molecule is CN(C)CC(O)c1cc2n(n1)CCN(C(=O)CCc1nncn1C)C2. The summed E-state index contributed by atoms with van der Waals surface area (Å²) in [5.41, 5.74) is 1.63. The van der Waals surface area contributed by atoms with E-state index in [2.05, 4.69) is 15.3 Å². The molecule has 1 amide bonds. The minimum Gasteiger partial charge on any atom is -0.385 e. The minimum atomic E-state index is -0.617. The third kappa shape index (κ3) is 4.05. The predicted molar refractivity (Wildman–Crippen MR) is 90.5 cm³/mol. The molecule has 9 heteroatoms. The molecule has 2 aromatic heterocycles. The van der Waals surface area contributed by atoms with Crippen molar-refractivity contribution in [2.45, 2.75) is 32.0 Å². The smallest absolute Gasteiger partial charge is 0.223 e. The number of aliphatic hydroxyl groups excluding tert-OH is 1. The van der Waals surface area contributed by atoms with Crippen molar-refractivity contribution >= 4 is 5.91 Å². The van der Waals surface area contributed by atoms with Crippen LogP contribution in [0.25, 0.3) is 0 Å². The number of rotatable bonds is 6. The molecule has 0 aromatic carbocycles. The van der Waals surface area contributed by atoms with Crippen molar-refractivity contribution in [3.63, 3.8) is 0 Å². The Morgan fingerprint density at radius 2 is 2.20 bits per heavy atom. The Balaban J connectivity index is 1.59. The van der Waals surface area contributed by atoms with Gasteiger partial charge in [-0.05, 0) is 20.2 Å². The number of aryl methyl sites for hydroxylation is 2. The maximum atomic E-state index is 12.5. The molecule has 0 fully saturated rings. The normalized spacial score (nSPS) is 15.5. The number of carbonyl (C=O) groups is 1. The Hall–Kier alpha value is -2.26. The van der Waals surface area contributed by atoms with Gasteiger partial charge in [0.15, 0.2) is 0 Å². The average Bonchev–Trinajstić information content (AvgIpc) is 3.17. The molecule has 0 bridgehead atoms. The highest BCUT2D eigenvalue weighted by atomic mass is 16.3. The molecule has 2 aromatic rings. The van der Waals surface area contributed by atoms with Crippen LogP contribution in [-0.2, 0) is 31.4 Å². The number of nitrogens with zero attached hydrogens (tertiary/aromatic N) is 7. The first-order valence-electron chi connectivity index (χ1n) is 8.44. The number of likely N-dealkylation sites (N-methyl/N-ethyl adjacent to an activating group) is 1. The Labute approximate surface area is 146 Å². The third-order valence-corrected chi connectivity index (χ3v) is 4.42. The van der Waals surface area contributed by atoms with Crippen molar-refractivity contribution in [2.24, 2.45) is 7.05 Å². The van der Waals surface area contributed by atoms with Gasteiger partial charge in [0.05, 0.1) is 24.5 Å². The number of aliphatic hydroxyl groups is 1. The second-order valence-corrected chi connectivity index (χ2v) is 6.74. The zero-order chi connectivity index (χ0) is 18.0. The van der Waals surface area contributed by atoms with Crippen molar-refractivity contribution < 1.29 is 9.90 Å². The van der Waals surface area contributed by atoms with Gasteiger partial charge >= 0.3 is 0 Å². The molecule has 0 radical (unpaired) electrons. The zero-order valence-electron chi connectivity index (χ0n) is 15.0. The van der Waals surface area contributed by atoms with E-state index in [1.807, 2.05) is 46.3 Å². The molecule has 1 aliphatic rings. The minimum absolute atomic E-state index is 0.103. The molecular formula is C16H25N7O2. The average molecular weight is 347 g/mol. The van der Waals surface area contributed by atoms with Gasteiger partial charge in [0, 0.05) is 33.0 Å². The van der Waals surface area contributed by atoms with Gasteiger partial charge in [0.1, 0.15) is 18.3 Å². The van der Waals surface area contributed by atoms with E-state index in [0.29, 0.717) is 44.7 Å². The monoisotopic (exact) mass is 347 g/mol. The van der Waals surface area contributed by atoms with Crippen molar-refractivity contribution in [1.82, 2.24) is 34.3 Å². The van der Waals surface area contributed by atoms with Crippen LogP contribution in [0, 0.1) is 0 Å². The zero-order valence-corrected chi connectivity index (χ0v) is 15.0. The molecule has 9 nitrogen and oxygen atoms in total. The number of hydrogen-bond acceptors (Lipinski definition) is 6. The van der Waals surface area contributed by atoms with Gasteiger partial charge in [-0.3, -0.25) is 9.48 Å². The lowest BCUT2D eigenvalue weighted by Crippen LogP contribution is -2.38. The van der Waals surface area contributed by atoms with Crippen LogP contribution in [0.1, 0.15) is 29.7 Å². The summed E-state index contributed by atoms with van der Waals surface area (Å²) in [6.45, 7) is 2.34. The molecule has 136 valence electrons. The van der Waals surface area contributed by atoms with Crippen LogP contribution in [-0.4, -0.2) is 72.5 Å². The number of amides is 1. The highest BCUT2D eigenvalue weighted by Gasteiger charge is 2.24. The maximum Gasteiger partial charge on any atom is 0.223 e. The van der Waals surface area contributed by atoms with Crippen LogP contribution in [0.2, 0.25) is 0 Å². The van der Waals surface area contributed by atoms with Crippen molar-refractivity contribution in [2.75, 3.05) is 27.2 Å². The van der Waals surface area contributed by atoms with E-state index >= 15 is 0 Å². The molecule has 1 N–H and O–H groups in total. The highest BCUT2D eigenvalue weighted by molar-refractivity contribution is 5.76. The standard InChI is InChI=1S/C16H25N7O2/c1-20(2)10-14(24)13-8-12-9-22(6-7-23(12)19-13)16(25)5-4-15-18-17-11-21(15)3/h8,11,14,24H,4-7,9-10H2,1-3H3. The lowest BCUT2D eigenvalue weighted by molar-refractivity contribution is -0.132. The van der Waals surface area contributed by atoms with E-state index < -0.39 is 6.10 Å². The van der Waals surface area contributed by atoms with E-state index in [9.17, 15) is 9.90 Å². The van der Waals surface area contributed by atoms with Crippen LogP contribution in [0.5, 0.6) is 0 Å². The first kappa shape index (κ1) is 17.6. The second kappa shape index (κ2) is 7.32. The van der Waals surface area contributed by atoms with Gasteiger partial charge in [-0.1, -0.05) is 0 Å². The van der Waals surface area contributed by atoms with Crippen LogP contribution >= 0.6 is 0 Å². The summed E-state index contributed by atoms with van der Waals surface area (Å²) in [6, 6.07) is 1.90. The Kier molecular flexibility index (Phi) is 5.14. The summed E-state index contributed by atoms with van der Waals surface area (Å²) in [5, 5.41) is 22.5. The summed E-state index contributed by atoms with van der Waals surface area (Å²) in [4.78, 5) is 16.2. The van der Waals surface area contributed by atoms with Gasteiger partial charge in [-0.2, -0.15) is 5.10 Å². The van der Waals surface area contributed by atoms with Gasteiger partial charge in [-0.15, -0.1) is 10.2 Å². The molecular weight excluding hydrogens is 322 g/mol. The van der Waals surface area contributed by atoms with Gasteiger partial charge in [0.2, 0.25) is 5.91 Å². The molecule has 25 heavy (non-hydrogen) atoms. The van der Waals surface area contributed by atoms with E-state index in [0.717, 1.165) is 11.5 Å². The third-order valence-electron chi connectivity index (χ3n) is 4.42. The first-order chi connectivity index (χ1) is 11.9. The highest BCUT2D eigenvalue weighted by Crippen LogP contribution is 2.19. The predicted octanol–water partition coefficient (Wildman–Crippen LogP) is -0.418. The second-order valence-electron chi connectivity index (χ2n) is 6.74. The summed E-state index contributed by atoms with van der Waals surface area (Å²) >= 11 is 0. The van der Waals surface area contributed by atoms with Crippen molar-refractivity contribution in [3.05, 3.63) is 29.6 Å². The fourth-order valence-corrected chi connectivity index (χ4v) is 3.01. The molecule has 0 aliphatic carbocycles. The summed E-state index contributed by atoms with van der Waals surface area (Å²) in [5.74, 6) is 0.912. The summed E-state index contributed by atoms with van der Waals surface area (Å²) in [7, 11) is 5.70. The molecule has 0 saturated heterocycles. The van der Waals surface area contributed by atoms with E-state index in [4.69, 9.17) is 0 Å². The van der Waals surface area contributed by atoms with Gasteiger partial charge < -0.3 is 19.5 Å². The molecule has 1 aliphatic heterocycles. The number of fused-ring (bicyclic) bond motifs is 1. The Morgan fingerprint density at radius 3 is 2.88 bits per heavy atom. The van der Waals surface area contributed by atoms with Crippen molar-refractivity contribution in [1.29, 1.82) is 0 Å². The van der Waals surface area contributed by atoms with Crippen LogP contribution < -0.4 is 0 Å². The Morgan fingerprint density at radius 1 is 1.40 bits per heavy atom.